The van der Waals surface area contributed by atoms with Crippen molar-refractivity contribution in [3.8, 4) is 0 Å². The van der Waals surface area contributed by atoms with Crippen molar-refractivity contribution in [1.82, 2.24) is 10.3 Å². The maximum absolute atomic E-state index is 5.20. The van der Waals surface area contributed by atoms with Crippen LogP contribution in [0.4, 0.5) is 0 Å². The molecule has 1 aromatic heterocycles. The Balaban J connectivity index is 2.54. The van der Waals surface area contributed by atoms with Crippen molar-refractivity contribution in [3.63, 3.8) is 0 Å². The first-order chi connectivity index (χ1) is 8.31. The number of hydrogen-bond acceptors (Lipinski definition) is 4. The second-order valence-electron chi connectivity index (χ2n) is 4.19. The number of nitrogens with one attached hydrogen (secondary N) is 1. The van der Waals surface area contributed by atoms with Gasteiger partial charge in [-0.05, 0) is 25.8 Å². The van der Waals surface area contributed by atoms with E-state index >= 15 is 0 Å². The molecule has 1 heterocycles. The molecule has 3 nitrogen and oxygen atoms in total. The Labute approximate surface area is 109 Å². The Morgan fingerprint density at radius 1 is 1.29 bits per heavy atom. The highest BCUT2D eigenvalue weighted by molar-refractivity contribution is 7.11. The predicted octanol–water partition coefficient (Wildman–Crippen LogP) is 3.13. The van der Waals surface area contributed by atoms with Crippen molar-refractivity contribution in [1.29, 1.82) is 0 Å². The average molecular weight is 256 g/mol. The molecule has 0 aliphatic heterocycles. The molecule has 1 aromatic rings. The highest BCUT2D eigenvalue weighted by Gasteiger charge is 2.09. The summed E-state index contributed by atoms with van der Waals surface area (Å²) in [6.07, 6.45) is 4.71. The number of hydrogen-bond donors (Lipinski definition) is 1. The lowest BCUT2D eigenvalue weighted by atomic mass is 10.3. The third-order valence-electron chi connectivity index (χ3n) is 2.56. The third kappa shape index (κ3) is 5.15. The smallest absolute Gasteiger partial charge is 0.0932 e. The zero-order valence-electron chi connectivity index (χ0n) is 11.2. The molecule has 0 atom stereocenters. The highest BCUT2D eigenvalue weighted by Crippen LogP contribution is 2.20. The minimum atomic E-state index is 0.630. The molecule has 0 fully saturated rings. The number of rotatable bonds is 9. The summed E-state index contributed by atoms with van der Waals surface area (Å²) < 4.78 is 5.20. The van der Waals surface area contributed by atoms with Crippen molar-refractivity contribution in [3.05, 3.63) is 15.6 Å². The van der Waals surface area contributed by atoms with Crippen molar-refractivity contribution in [2.45, 2.75) is 52.7 Å². The number of aryl methyl sites for hydroxylation is 1. The summed E-state index contributed by atoms with van der Waals surface area (Å²) in [5, 5.41) is 4.71. The SMILES string of the molecule is CCCCNCc1sc(CCC)nc1COC. The standard InChI is InChI=1S/C13H24N2OS/c1-4-6-8-14-9-12-11(10-16-3)15-13(17-12)7-5-2/h14H,4-10H2,1-3H3. The van der Waals surface area contributed by atoms with Crippen LogP contribution in [0.1, 0.15) is 48.7 Å². The first-order valence-corrected chi connectivity index (χ1v) is 7.30. The van der Waals surface area contributed by atoms with Crippen molar-refractivity contribution < 1.29 is 4.74 Å². The average Bonchev–Trinajstić information content (AvgIpc) is 2.68. The van der Waals surface area contributed by atoms with E-state index in [1.807, 2.05) is 11.3 Å². The van der Waals surface area contributed by atoms with Crippen LogP contribution in [0.2, 0.25) is 0 Å². The Hall–Kier alpha value is -0.450. The van der Waals surface area contributed by atoms with Gasteiger partial charge in [0, 0.05) is 18.5 Å². The molecule has 0 aliphatic carbocycles. The first-order valence-electron chi connectivity index (χ1n) is 6.48. The molecule has 98 valence electrons. The fraction of sp³-hybridized carbons (Fsp3) is 0.769. The first kappa shape index (κ1) is 14.6. The van der Waals surface area contributed by atoms with E-state index in [2.05, 4.69) is 24.1 Å². The van der Waals surface area contributed by atoms with Crippen molar-refractivity contribution in [2.24, 2.45) is 0 Å². The minimum absolute atomic E-state index is 0.630. The van der Waals surface area contributed by atoms with Crippen LogP contribution in [0.3, 0.4) is 0 Å². The van der Waals surface area contributed by atoms with Gasteiger partial charge in [-0.15, -0.1) is 11.3 Å². The molecule has 1 rings (SSSR count). The minimum Gasteiger partial charge on any atom is -0.378 e. The summed E-state index contributed by atoms with van der Waals surface area (Å²) in [5.74, 6) is 0. The van der Waals surface area contributed by atoms with Crippen molar-refractivity contribution in [2.75, 3.05) is 13.7 Å². The second-order valence-corrected chi connectivity index (χ2v) is 5.36. The van der Waals surface area contributed by atoms with Gasteiger partial charge < -0.3 is 10.1 Å². The van der Waals surface area contributed by atoms with Crippen LogP contribution in [0.5, 0.6) is 0 Å². The molecular formula is C13H24N2OS. The Bertz CT molecular complexity index is 312. The van der Waals surface area contributed by atoms with E-state index in [0.717, 1.165) is 31.6 Å². The highest BCUT2D eigenvalue weighted by atomic mass is 32.1. The maximum atomic E-state index is 5.20. The molecule has 1 N–H and O–H groups in total. The van der Waals surface area contributed by atoms with Crippen LogP contribution in [-0.4, -0.2) is 18.6 Å². The van der Waals surface area contributed by atoms with E-state index in [0.29, 0.717) is 6.61 Å². The number of aromatic nitrogens is 1. The van der Waals surface area contributed by atoms with Crippen molar-refractivity contribution >= 4 is 11.3 Å². The molecule has 4 heteroatoms. The van der Waals surface area contributed by atoms with Gasteiger partial charge in [-0.1, -0.05) is 20.3 Å². The molecule has 0 amide bonds. The fourth-order valence-electron chi connectivity index (χ4n) is 1.65. The zero-order valence-corrected chi connectivity index (χ0v) is 12.0. The largest absolute Gasteiger partial charge is 0.378 e. The van der Waals surface area contributed by atoms with Gasteiger partial charge in [0.1, 0.15) is 0 Å². The van der Waals surface area contributed by atoms with E-state index in [1.165, 1.54) is 22.7 Å². The quantitative estimate of drug-likeness (QED) is 0.689. The molecule has 0 unspecified atom stereocenters. The molecule has 0 saturated heterocycles. The van der Waals surface area contributed by atoms with E-state index in [-0.39, 0.29) is 0 Å². The lowest BCUT2D eigenvalue weighted by Crippen LogP contribution is -2.14. The monoisotopic (exact) mass is 256 g/mol. The predicted molar refractivity (Wildman–Crippen MR) is 73.4 cm³/mol. The van der Waals surface area contributed by atoms with Gasteiger partial charge >= 0.3 is 0 Å². The molecule has 0 aromatic carbocycles. The summed E-state index contributed by atoms with van der Waals surface area (Å²) >= 11 is 1.83. The van der Waals surface area contributed by atoms with E-state index in [9.17, 15) is 0 Å². The molecule has 17 heavy (non-hydrogen) atoms. The summed E-state index contributed by atoms with van der Waals surface area (Å²) in [4.78, 5) is 5.98. The molecule has 0 radical (unpaired) electrons. The summed E-state index contributed by atoms with van der Waals surface area (Å²) in [6.45, 7) is 7.05. The molecule has 0 spiro atoms. The molecule has 0 aliphatic rings. The summed E-state index contributed by atoms with van der Waals surface area (Å²) in [5.41, 5.74) is 1.12. The van der Waals surface area contributed by atoms with Crippen LogP contribution in [0, 0.1) is 0 Å². The lowest BCUT2D eigenvalue weighted by molar-refractivity contribution is 0.181. The van der Waals surface area contributed by atoms with Gasteiger partial charge in [0.2, 0.25) is 0 Å². The number of thiazole rings is 1. The normalized spacial score (nSPS) is 11.0. The van der Waals surface area contributed by atoms with Gasteiger partial charge in [-0.3, -0.25) is 0 Å². The zero-order chi connectivity index (χ0) is 12.5. The topological polar surface area (TPSA) is 34.2 Å². The summed E-state index contributed by atoms with van der Waals surface area (Å²) in [7, 11) is 1.73. The number of nitrogens with zero attached hydrogens (tertiary/aromatic N) is 1. The Morgan fingerprint density at radius 2 is 2.12 bits per heavy atom. The molecule has 0 saturated carbocycles. The second kappa shape index (κ2) is 8.61. The third-order valence-corrected chi connectivity index (χ3v) is 3.72. The van der Waals surface area contributed by atoms with Gasteiger partial charge in [-0.2, -0.15) is 0 Å². The van der Waals surface area contributed by atoms with Crippen LogP contribution in [0.25, 0.3) is 0 Å². The fourth-order valence-corrected chi connectivity index (χ4v) is 2.79. The molecule has 0 bridgehead atoms. The number of methoxy groups -OCH3 is 1. The lowest BCUT2D eigenvalue weighted by Gasteiger charge is -2.03. The van der Waals surface area contributed by atoms with Crippen LogP contribution >= 0.6 is 11.3 Å². The van der Waals surface area contributed by atoms with Crippen LogP contribution < -0.4 is 5.32 Å². The molecular weight excluding hydrogens is 232 g/mol. The van der Waals surface area contributed by atoms with E-state index in [4.69, 9.17) is 4.74 Å². The number of ether oxygens (including phenoxy) is 1. The van der Waals surface area contributed by atoms with Gasteiger partial charge in [0.15, 0.2) is 0 Å². The van der Waals surface area contributed by atoms with E-state index in [1.54, 1.807) is 7.11 Å². The van der Waals surface area contributed by atoms with Crippen LogP contribution in [0.15, 0.2) is 0 Å². The summed E-state index contributed by atoms with van der Waals surface area (Å²) in [6, 6.07) is 0. The van der Waals surface area contributed by atoms with Crippen LogP contribution in [-0.2, 0) is 24.3 Å². The van der Waals surface area contributed by atoms with Gasteiger partial charge in [0.25, 0.3) is 0 Å². The Morgan fingerprint density at radius 3 is 2.76 bits per heavy atom. The maximum Gasteiger partial charge on any atom is 0.0932 e. The van der Waals surface area contributed by atoms with E-state index < -0.39 is 0 Å². The van der Waals surface area contributed by atoms with Gasteiger partial charge in [-0.25, -0.2) is 4.98 Å². The Kier molecular flexibility index (Phi) is 7.40. The number of unbranched alkanes of at least 4 members (excludes halogenated alkanes) is 1. The van der Waals surface area contributed by atoms with Gasteiger partial charge in [0.05, 0.1) is 17.3 Å².